The number of carbonyl (C=O) groups excluding carboxylic acids is 1. The van der Waals surface area contributed by atoms with Crippen molar-refractivity contribution in [2.75, 3.05) is 0 Å². The summed E-state index contributed by atoms with van der Waals surface area (Å²) in [7, 11) is 0. The van der Waals surface area contributed by atoms with E-state index >= 15 is 0 Å². The van der Waals surface area contributed by atoms with E-state index in [2.05, 4.69) is 25.8 Å². The van der Waals surface area contributed by atoms with Crippen LogP contribution in [-0.4, -0.2) is 36.9 Å². The van der Waals surface area contributed by atoms with Gasteiger partial charge >= 0.3 is 0 Å². The Bertz CT molecular complexity index is 703. The van der Waals surface area contributed by atoms with Gasteiger partial charge in [0.05, 0.1) is 0 Å². The van der Waals surface area contributed by atoms with E-state index in [1.54, 1.807) is 16.0 Å². The van der Waals surface area contributed by atoms with Crippen molar-refractivity contribution >= 4 is 29.0 Å². The predicted octanol–water partition coefficient (Wildman–Crippen LogP) is 2.88. The Kier molecular flexibility index (Phi) is 5.55. The number of hydrogen-bond acceptors (Lipinski definition) is 6. The minimum atomic E-state index is 0.0228. The Morgan fingerprint density at radius 1 is 1.29 bits per heavy atom. The number of nitrogens with zero attached hydrogens (tertiary/aromatic N) is 4. The monoisotopic (exact) mass is 365 g/mol. The van der Waals surface area contributed by atoms with Gasteiger partial charge in [-0.25, -0.2) is 14.6 Å². The van der Waals surface area contributed by atoms with Gasteiger partial charge in [0.2, 0.25) is 5.91 Å². The number of thiazole rings is 1. The summed E-state index contributed by atoms with van der Waals surface area (Å²) in [6.45, 7) is 5.99. The number of amides is 1. The molecule has 3 rings (SSSR count). The largest absolute Gasteiger partial charge is 0.352 e. The highest BCUT2D eigenvalue weighted by atomic mass is 32.2. The van der Waals surface area contributed by atoms with Gasteiger partial charge in [0.1, 0.15) is 22.5 Å². The van der Waals surface area contributed by atoms with Crippen LogP contribution < -0.4 is 5.32 Å². The normalized spacial score (nSPS) is 21.0. The highest BCUT2D eigenvalue weighted by molar-refractivity contribution is 8.01. The molecule has 2 aromatic heterocycles. The number of aromatic nitrogens is 4. The molecular weight excluding hydrogens is 342 g/mol. The van der Waals surface area contributed by atoms with Crippen molar-refractivity contribution in [3.05, 3.63) is 22.7 Å². The van der Waals surface area contributed by atoms with E-state index in [1.165, 1.54) is 0 Å². The first-order chi connectivity index (χ1) is 11.5. The third kappa shape index (κ3) is 4.57. The molecule has 1 N–H and O–H groups in total. The molecule has 6 nitrogen and oxygen atoms in total. The van der Waals surface area contributed by atoms with E-state index in [0.717, 1.165) is 41.5 Å². The third-order valence-corrected chi connectivity index (χ3v) is 6.59. The van der Waals surface area contributed by atoms with Crippen LogP contribution in [0.3, 0.4) is 0 Å². The number of rotatable bonds is 5. The molecule has 0 unspecified atom stereocenters. The van der Waals surface area contributed by atoms with Crippen molar-refractivity contribution in [3.63, 3.8) is 0 Å². The molecule has 1 saturated carbocycles. The third-order valence-electron chi connectivity index (χ3n) is 4.16. The van der Waals surface area contributed by atoms with Crippen LogP contribution in [0.25, 0.3) is 0 Å². The molecule has 0 bridgehead atoms. The average molecular weight is 366 g/mol. The first kappa shape index (κ1) is 17.4. The summed E-state index contributed by atoms with van der Waals surface area (Å²) < 4.78 is 2.83. The molecule has 1 aliphatic rings. The number of carbonyl (C=O) groups is 1. The summed E-state index contributed by atoms with van der Waals surface area (Å²) >= 11 is 3.61. The molecule has 0 spiro atoms. The number of nitrogens with one attached hydrogen (secondary N) is 1. The fourth-order valence-electron chi connectivity index (χ4n) is 2.97. The van der Waals surface area contributed by atoms with Crippen LogP contribution in [-0.2, 0) is 11.3 Å². The number of hydrogen-bond donors (Lipinski definition) is 1. The van der Waals surface area contributed by atoms with Gasteiger partial charge in [-0.05, 0) is 46.5 Å². The molecule has 0 saturated heterocycles. The number of aryl methyl sites for hydroxylation is 3. The summed E-state index contributed by atoms with van der Waals surface area (Å²) in [5, 5.41) is 10.1. The molecule has 1 fully saturated rings. The molecule has 130 valence electrons. The van der Waals surface area contributed by atoms with Gasteiger partial charge in [0.15, 0.2) is 0 Å². The van der Waals surface area contributed by atoms with Crippen molar-refractivity contribution < 1.29 is 4.79 Å². The quantitative estimate of drug-likeness (QED) is 0.882. The molecule has 0 aromatic carbocycles. The van der Waals surface area contributed by atoms with E-state index < -0.39 is 0 Å². The standard InChI is InChI=1S/C16H23N5OS2/c1-10-9-23-16(17-10)24-14-6-4-13(5-7-14)19-15(22)8-21-12(3)18-11(2)20-21/h9,13-14H,4-8H2,1-3H3,(H,19,22). The lowest BCUT2D eigenvalue weighted by atomic mass is 9.95. The fourth-order valence-corrected chi connectivity index (χ4v) is 5.26. The second-order valence-electron chi connectivity index (χ2n) is 6.28. The second kappa shape index (κ2) is 7.65. The van der Waals surface area contributed by atoms with E-state index in [4.69, 9.17) is 0 Å². The van der Waals surface area contributed by atoms with Gasteiger partial charge < -0.3 is 5.32 Å². The van der Waals surface area contributed by atoms with Gasteiger partial charge in [0.25, 0.3) is 0 Å². The predicted molar refractivity (Wildman–Crippen MR) is 96.4 cm³/mol. The molecule has 0 aliphatic heterocycles. The maximum absolute atomic E-state index is 12.2. The minimum absolute atomic E-state index is 0.0228. The van der Waals surface area contributed by atoms with E-state index in [-0.39, 0.29) is 18.5 Å². The molecule has 1 aliphatic carbocycles. The topological polar surface area (TPSA) is 72.7 Å². The van der Waals surface area contributed by atoms with Crippen LogP contribution in [0.4, 0.5) is 0 Å². The Morgan fingerprint density at radius 2 is 2.04 bits per heavy atom. The first-order valence-corrected chi connectivity index (χ1v) is 10.0. The maximum Gasteiger partial charge on any atom is 0.242 e. The van der Waals surface area contributed by atoms with Gasteiger partial charge in [-0.3, -0.25) is 4.79 Å². The van der Waals surface area contributed by atoms with E-state index in [0.29, 0.717) is 11.1 Å². The Labute approximate surface area is 150 Å². The molecular formula is C16H23N5OS2. The SMILES string of the molecule is Cc1csc(SC2CCC(NC(=O)Cn3nc(C)nc3C)CC2)n1. The van der Waals surface area contributed by atoms with E-state index in [1.807, 2.05) is 32.5 Å². The Morgan fingerprint density at radius 3 is 2.62 bits per heavy atom. The molecule has 2 aromatic rings. The molecule has 0 atom stereocenters. The van der Waals surface area contributed by atoms with Gasteiger partial charge in [-0.1, -0.05) is 11.8 Å². The lowest BCUT2D eigenvalue weighted by Crippen LogP contribution is -2.40. The van der Waals surface area contributed by atoms with Crippen LogP contribution >= 0.6 is 23.1 Å². The van der Waals surface area contributed by atoms with Gasteiger partial charge in [-0.2, -0.15) is 5.10 Å². The van der Waals surface area contributed by atoms with E-state index in [9.17, 15) is 4.79 Å². The van der Waals surface area contributed by atoms with Gasteiger partial charge in [-0.15, -0.1) is 11.3 Å². The lowest BCUT2D eigenvalue weighted by molar-refractivity contribution is -0.122. The fraction of sp³-hybridized carbons (Fsp3) is 0.625. The first-order valence-electron chi connectivity index (χ1n) is 8.26. The zero-order chi connectivity index (χ0) is 17.1. The lowest BCUT2D eigenvalue weighted by Gasteiger charge is -2.28. The molecule has 24 heavy (non-hydrogen) atoms. The van der Waals surface area contributed by atoms with Crippen molar-refractivity contribution in [1.29, 1.82) is 0 Å². The second-order valence-corrected chi connectivity index (χ2v) is 8.68. The van der Waals surface area contributed by atoms with Crippen molar-refractivity contribution in [2.45, 2.75) is 68.6 Å². The highest BCUT2D eigenvalue weighted by Gasteiger charge is 2.24. The summed E-state index contributed by atoms with van der Waals surface area (Å²) in [6, 6.07) is 0.275. The van der Waals surface area contributed by atoms with Crippen molar-refractivity contribution in [2.24, 2.45) is 0 Å². The highest BCUT2D eigenvalue weighted by Crippen LogP contribution is 2.35. The summed E-state index contributed by atoms with van der Waals surface area (Å²) in [6.07, 6.45) is 4.30. The van der Waals surface area contributed by atoms with Crippen LogP contribution in [0.1, 0.15) is 43.0 Å². The van der Waals surface area contributed by atoms with Crippen molar-refractivity contribution in [1.82, 2.24) is 25.1 Å². The van der Waals surface area contributed by atoms with Crippen LogP contribution in [0.15, 0.2) is 9.72 Å². The summed E-state index contributed by atoms with van der Waals surface area (Å²) in [5.74, 6) is 1.51. The zero-order valence-corrected chi connectivity index (χ0v) is 15.9. The molecule has 1 amide bonds. The smallest absolute Gasteiger partial charge is 0.242 e. The average Bonchev–Trinajstić information content (AvgIpc) is 3.06. The zero-order valence-electron chi connectivity index (χ0n) is 14.3. The summed E-state index contributed by atoms with van der Waals surface area (Å²) in [4.78, 5) is 21.0. The Hall–Kier alpha value is -1.41. The molecule has 2 heterocycles. The molecule has 8 heteroatoms. The van der Waals surface area contributed by atoms with Crippen molar-refractivity contribution in [3.8, 4) is 0 Å². The van der Waals surface area contributed by atoms with Crippen LogP contribution in [0, 0.1) is 20.8 Å². The Balaban J connectivity index is 1.43. The van der Waals surface area contributed by atoms with Gasteiger partial charge in [0, 0.05) is 22.4 Å². The van der Waals surface area contributed by atoms with Crippen LogP contribution in [0.5, 0.6) is 0 Å². The maximum atomic E-state index is 12.2. The number of thioether (sulfide) groups is 1. The van der Waals surface area contributed by atoms with Crippen LogP contribution in [0.2, 0.25) is 0 Å². The summed E-state index contributed by atoms with van der Waals surface area (Å²) in [5.41, 5.74) is 1.10. The minimum Gasteiger partial charge on any atom is -0.352 e. The molecule has 0 radical (unpaired) electrons.